The van der Waals surface area contributed by atoms with Crippen LogP contribution in [0.5, 0.6) is 5.75 Å². The van der Waals surface area contributed by atoms with Crippen molar-refractivity contribution in [3.63, 3.8) is 0 Å². The molecule has 0 aliphatic heterocycles. The molecule has 1 aromatic heterocycles. The van der Waals surface area contributed by atoms with E-state index in [-0.39, 0.29) is 11.7 Å². The number of rotatable bonds is 4. The third-order valence-electron chi connectivity index (χ3n) is 2.30. The topological polar surface area (TPSA) is 69.4 Å². The summed E-state index contributed by atoms with van der Waals surface area (Å²) in [6, 6.07) is 8.52. The Morgan fingerprint density at radius 1 is 1.28 bits per heavy atom. The van der Waals surface area contributed by atoms with Gasteiger partial charge in [-0.05, 0) is 19.1 Å². The number of esters is 1. The second-order valence-electron chi connectivity index (χ2n) is 3.65. The summed E-state index contributed by atoms with van der Waals surface area (Å²) in [5.74, 6) is -1.78. The molecule has 5 nitrogen and oxygen atoms in total. The van der Waals surface area contributed by atoms with Gasteiger partial charge >= 0.3 is 5.97 Å². The number of hydrogen-bond acceptors (Lipinski definition) is 5. The van der Waals surface area contributed by atoms with Crippen LogP contribution in [-0.2, 0) is 9.59 Å². The number of oxazole rings is 1. The molecule has 92 valence electrons. The van der Waals surface area contributed by atoms with Gasteiger partial charge < -0.3 is 9.15 Å². The van der Waals surface area contributed by atoms with E-state index in [1.807, 2.05) is 0 Å². The van der Waals surface area contributed by atoms with Crippen molar-refractivity contribution in [2.45, 2.75) is 12.8 Å². The first-order valence-corrected chi connectivity index (χ1v) is 5.35. The van der Waals surface area contributed by atoms with Crippen molar-refractivity contribution in [1.29, 1.82) is 0 Å². The van der Waals surface area contributed by atoms with Crippen molar-refractivity contribution >= 4 is 11.8 Å². The summed E-state index contributed by atoms with van der Waals surface area (Å²) in [6.45, 7) is 1.29. The number of benzene rings is 1. The number of ether oxygens (including phenoxy) is 1. The fraction of sp³-hybridized carbons (Fsp3) is 0.154. The van der Waals surface area contributed by atoms with Gasteiger partial charge in [-0.15, -0.1) is 0 Å². The lowest BCUT2D eigenvalue weighted by atomic mass is 10.1. The maximum absolute atomic E-state index is 11.9. The minimum atomic E-state index is -1.12. The predicted octanol–water partition coefficient (Wildman–Crippen LogP) is 1.95. The maximum atomic E-state index is 11.9. The third kappa shape index (κ3) is 2.63. The van der Waals surface area contributed by atoms with E-state index >= 15 is 0 Å². The molecule has 1 atom stereocenters. The molecule has 1 heterocycles. The highest BCUT2D eigenvalue weighted by molar-refractivity contribution is 6.03. The molecule has 0 N–H and O–H groups in total. The molecule has 0 saturated carbocycles. The largest absolute Gasteiger partial charge is 0.448 e. The van der Waals surface area contributed by atoms with E-state index in [4.69, 9.17) is 9.15 Å². The first-order valence-electron chi connectivity index (χ1n) is 5.35. The van der Waals surface area contributed by atoms with Crippen molar-refractivity contribution in [2.24, 2.45) is 0 Å². The van der Waals surface area contributed by atoms with Gasteiger partial charge in [0.1, 0.15) is 12.0 Å². The van der Waals surface area contributed by atoms with Crippen LogP contribution in [-0.4, -0.2) is 16.7 Å². The van der Waals surface area contributed by atoms with E-state index in [0.29, 0.717) is 5.75 Å². The average molecular weight is 245 g/mol. The maximum Gasteiger partial charge on any atom is 0.331 e. The van der Waals surface area contributed by atoms with Crippen LogP contribution >= 0.6 is 0 Å². The van der Waals surface area contributed by atoms with Crippen molar-refractivity contribution < 1.29 is 18.7 Å². The molecule has 2 aromatic rings. The van der Waals surface area contributed by atoms with Gasteiger partial charge in [0.25, 0.3) is 0 Å². The fourth-order valence-corrected chi connectivity index (χ4v) is 1.48. The molecule has 2 rings (SSSR count). The molecular weight excluding hydrogens is 234 g/mol. The van der Waals surface area contributed by atoms with Gasteiger partial charge in [-0.1, -0.05) is 18.2 Å². The molecule has 5 heteroatoms. The summed E-state index contributed by atoms with van der Waals surface area (Å²) in [5.41, 5.74) is 0. The summed E-state index contributed by atoms with van der Waals surface area (Å²) in [4.78, 5) is 27.2. The average Bonchev–Trinajstić information content (AvgIpc) is 2.83. The Balaban J connectivity index is 2.18. The van der Waals surface area contributed by atoms with Crippen molar-refractivity contribution in [2.75, 3.05) is 0 Å². The first kappa shape index (κ1) is 12.0. The molecule has 18 heavy (non-hydrogen) atoms. The van der Waals surface area contributed by atoms with E-state index in [9.17, 15) is 9.59 Å². The van der Waals surface area contributed by atoms with Crippen molar-refractivity contribution in [3.8, 4) is 5.75 Å². The molecule has 0 bridgehead atoms. The lowest BCUT2D eigenvalue weighted by Crippen LogP contribution is -2.24. The zero-order chi connectivity index (χ0) is 13.0. The standard InChI is InChI=1S/C13H11NO4/c1-9(15)11(12-14-7-8-17-12)13(16)18-10-5-3-2-4-6-10/h2-8,11H,1H3. The molecule has 1 unspecified atom stereocenters. The van der Waals surface area contributed by atoms with Gasteiger partial charge in [0, 0.05) is 0 Å². The zero-order valence-corrected chi connectivity index (χ0v) is 9.70. The molecule has 0 spiro atoms. The Hall–Kier alpha value is -2.43. The summed E-state index contributed by atoms with van der Waals surface area (Å²) >= 11 is 0. The summed E-state index contributed by atoms with van der Waals surface area (Å²) in [5, 5.41) is 0. The Bertz CT molecular complexity index is 533. The van der Waals surface area contributed by atoms with Gasteiger partial charge in [0.05, 0.1) is 6.20 Å². The lowest BCUT2D eigenvalue weighted by molar-refractivity contribution is -0.140. The summed E-state index contributed by atoms with van der Waals surface area (Å²) in [6.07, 6.45) is 2.68. The monoisotopic (exact) mass is 245 g/mol. The Morgan fingerprint density at radius 2 is 2.00 bits per heavy atom. The molecule has 0 fully saturated rings. The van der Waals surface area contributed by atoms with Crippen LogP contribution in [0.25, 0.3) is 0 Å². The molecule has 0 radical (unpaired) electrons. The molecule has 0 aliphatic rings. The van der Waals surface area contributed by atoms with Gasteiger partial charge in [-0.25, -0.2) is 4.98 Å². The van der Waals surface area contributed by atoms with Crippen molar-refractivity contribution in [1.82, 2.24) is 4.98 Å². The Labute approximate surface area is 103 Å². The second kappa shape index (κ2) is 5.27. The number of carbonyl (C=O) groups excluding carboxylic acids is 2. The number of nitrogens with zero attached hydrogens (tertiary/aromatic N) is 1. The molecule has 1 aromatic carbocycles. The van der Waals surface area contributed by atoms with E-state index in [0.717, 1.165) is 0 Å². The third-order valence-corrected chi connectivity index (χ3v) is 2.30. The molecule has 0 aliphatic carbocycles. The van der Waals surface area contributed by atoms with Crippen LogP contribution in [0.2, 0.25) is 0 Å². The molecule has 0 saturated heterocycles. The van der Waals surface area contributed by atoms with Crippen molar-refractivity contribution in [3.05, 3.63) is 48.7 Å². The van der Waals surface area contributed by atoms with E-state index in [1.165, 1.54) is 19.4 Å². The Morgan fingerprint density at radius 3 is 2.56 bits per heavy atom. The number of hydrogen-bond donors (Lipinski definition) is 0. The van der Waals surface area contributed by atoms with Gasteiger partial charge in [0.15, 0.2) is 11.7 Å². The fourth-order valence-electron chi connectivity index (χ4n) is 1.48. The van der Waals surface area contributed by atoms with Crippen LogP contribution in [0.3, 0.4) is 0 Å². The van der Waals surface area contributed by atoms with E-state index in [1.54, 1.807) is 30.3 Å². The highest BCUT2D eigenvalue weighted by atomic mass is 16.5. The Kier molecular flexibility index (Phi) is 3.52. The molecular formula is C13H11NO4. The zero-order valence-electron chi connectivity index (χ0n) is 9.70. The predicted molar refractivity (Wildman–Crippen MR) is 62.0 cm³/mol. The first-order chi connectivity index (χ1) is 8.68. The number of para-hydroxylation sites is 1. The highest BCUT2D eigenvalue weighted by Gasteiger charge is 2.31. The smallest absolute Gasteiger partial charge is 0.331 e. The minimum absolute atomic E-state index is 0.0448. The normalized spacial score (nSPS) is 11.8. The van der Waals surface area contributed by atoms with Crippen LogP contribution in [0, 0.1) is 0 Å². The summed E-state index contributed by atoms with van der Waals surface area (Å²) in [7, 11) is 0. The van der Waals surface area contributed by atoms with Crippen LogP contribution < -0.4 is 4.74 Å². The number of aromatic nitrogens is 1. The summed E-state index contributed by atoms with van der Waals surface area (Å²) < 4.78 is 10.1. The van der Waals surface area contributed by atoms with Crippen LogP contribution in [0.15, 0.2) is 47.2 Å². The quantitative estimate of drug-likeness (QED) is 0.468. The van der Waals surface area contributed by atoms with Gasteiger partial charge in [0.2, 0.25) is 5.89 Å². The van der Waals surface area contributed by atoms with Gasteiger partial charge in [-0.3, -0.25) is 9.59 Å². The number of carbonyl (C=O) groups is 2. The lowest BCUT2D eigenvalue weighted by Gasteiger charge is -2.09. The SMILES string of the molecule is CC(=O)C(C(=O)Oc1ccccc1)c1ncco1. The number of Topliss-reactive ketones (excluding diaryl/α,β-unsaturated/α-hetero) is 1. The van der Waals surface area contributed by atoms with E-state index in [2.05, 4.69) is 4.98 Å². The van der Waals surface area contributed by atoms with Gasteiger partial charge in [-0.2, -0.15) is 0 Å². The highest BCUT2D eigenvalue weighted by Crippen LogP contribution is 2.19. The van der Waals surface area contributed by atoms with Crippen LogP contribution in [0.1, 0.15) is 18.7 Å². The molecule has 0 amide bonds. The second-order valence-corrected chi connectivity index (χ2v) is 3.65. The van der Waals surface area contributed by atoms with Crippen LogP contribution in [0.4, 0.5) is 0 Å². The van der Waals surface area contributed by atoms with E-state index < -0.39 is 11.9 Å². The number of ketones is 1. The minimum Gasteiger partial charge on any atom is -0.448 e.